The summed E-state index contributed by atoms with van der Waals surface area (Å²) in [6.07, 6.45) is 7.67. The van der Waals surface area contributed by atoms with Crippen LogP contribution in [0.3, 0.4) is 0 Å². The van der Waals surface area contributed by atoms with Gasteiger partial charge in [0.25, 0.3) is 0 Å². The molecule has 2 aromatic carbocycles. The Kier molecular flexibility index (Phi) is 6.73. The number of carbonyl (C=O) groups excluding carboxylic acids is 1. The Morgan fingerprint density at radius 1 is 1.15 bits per heavy atom. The number of amides is 1. The van der Waals surface area contributed by atoms with Crippen LogP contribution in [0.25, 0.3) is 0 Å². The van der Waals surface area contributed by atoms with Crippen molar-refractivity contribution in [3.63, 3.8) is 0 Å². The third kappa shape index (κ3) is 4.63. The molecule has 1 aliphatic heterocycles. The highest BCUT2D eigenvalue weighted by Gasteiger charge is 2.46. The third-order valence-corrected chi connectivity index (χ3v) is 8.70. The fraction of sp³-hybridized carbons (Fsp3) is 0.444. The largest absolute Gasteiger partial charge is 0.497 e. The van der Waals surface area contributed by atoms with Crippen LogP contribution in [0.2, 0.25) is 0 Å². The van der Waals surface area contributed by atoms with Crippen LogP contribution < -0.4 is 10.1 Å². The molecule has 0 radical (unpaired) electrons. The molecule has 1 N–H and O–H groups in total. The van der Waals surface area contributed by atoms with E-state index in [1.807, 2.05) is 6.07 Å². The molecule has 2 atom stereocenters. The number of hydrogen-bond donors (Lipinski definition) is 1. The second-order valence-electron chi connectivity index (χ2n) is 9.41. The second kappa shape index (κ2) is 9.76. The van der Waals surface area contributed by atoms with Gasteiger partial charge in [-0.15, -0.1) is 0 Å². The van der Waals surface area contributed by atoms with Crippen molar-refractivity contribution < 1.29 is 13.9 Å². The van der Waals surface area contributed by atoms with E-state index >= 15 is 0 Å². The van der Waals surface area contributed by atoms with Crippen LogP contribution in [0.1, 0.15) is 55.2 Å². The molecule has 5 rings (SSSR count). The van der Waals surface area contributed by atoms with Crippen molar-refractivity contribution in [1.29, 1.82) is 0 Å². The van der Waals surface area contributed by atoms with Crippen LogP contribution in [0.5, 0.6) is 5.75 Å². The predicted molar refractivity (Wildman–Crippen MR) is 140 cm³/mol. The van der Waals surface area contributed by atoms with Gasteiger partial charge in [0, 0.05) is 5.92 Å². The number of halogens is 2. The number of alkyl halides is 1. The Morgan fingerprint density at radius 2 is 1.91 bits per heavy atom. The number of aliphatic imine (C=N–C) groups is 2. The number of rotatable bonds is 4. The van der Waals surface area contributed by atoms with Gasteiger partial charge in [-0.05, 0) is 89.2 Å². The molecular weight excluding hydrogens is 544 g/mol. The number of nitrogens with one attached hydrogen (secondary N) is 1. The van der Waals surface area contributed by atoms with Crippen molar-refractivity contribution in [2.75, 3.05) is 7.11 Å². The van der Waals surface area contributed by atoms with E-state index < -0.39 is 3.55 Å². The second-order valence-corrected chi connectivity index (χ2v) is 11.1. The molecule has 0 bridgehead atoms. The van der Waals surface area contributed by atoms with Crippen LogP contribution in [-0.2, 0) is 21.2 Å². The Labute approximate surface area is 213 Å². The summed E-state index contributed by atoms with van der Waals surface area (Å²) in [5.41, 5.74) is 4.16. The maximum atomic E-state index is 13.3. The number of benzene rings is 2. The van der Waals surface area contributed by atoms with Crippen molar-refractivity contribution in [2.24, 2.45) is 15.9 Å². The first-order valence-electron chi connectivity index (χ1n) is 12.0. The van der Waals surface area contributed by atoms with Crippen LogP contribution in [0.15, 0.2) is 52.4 Å². The van der Waals surface area contributed by atoms with E-state index in [9.17, 15) is 9.18 Å². The molecule has 2 aromatic rings. The number of methoxy groups -OCH3 is 1. The minimum atomic E-state index is -0.477. The molecule has 5 nitrogen and oxygen atoms in total. The number of fused-ring (bicyclic) bond motifs is 3. The highest BCUT2D eigenvalue weighted by atomic mass is 127. The van der Waals surface area contributed by atoms with Gasteiger partial charge in [0.2, 0.25) is 5.91 Å². The lowest BCUT2D eigenvalue weighted by Crippen LogP contribution is -2.49. The van der Waals surface area contributed by atoms with Gasteiger partial charge in [0.1, 0.15) is 17.4 Å². The Bertz CT molecular complexity index is 1140. The number of ether oxygens (including phenoxy) is 1. The van der Waals surface area contributed by atoms with Crippen molar-refractivity contribution in [1.82, 2.24) is 5.32 Å². The number of aryl methyl sites for hydroxylation is 1. The van der Waals surface area contributed by atoms with Gasteiger partial charge in [0.05, 0.1) is 25.3 Å². The lowest BCUT2D eigenvalue weighted by Gasteiger charge is -2.41. The molecule has 1 amide bonds. The first-order valence-corrected chi connectivity index (χ1v) is 13.1. The normalized spacial score (nSPS) is 24.4. The maximum Gasteiger partial charge on any atom is 0.229 e. The summed E-state index contributed by atoms with van der Waals surface area (Å²) in [6, 6.07) is 12.3. The van der Waals surface area contributed by atoms with Crippen LogP contribution in [0.4, 0.5) is 4.39 Å². The first-order chi connectivity index (χ1) is 16.5. The molecule has 3 aliphatic rings. The lowest BCUT2D eigenvalue weighted by molar-refractivity contribution is -0.119. The fourth-order valence-electron chi connectivity index (χ4n) is 5.36. The summed E-state index contributed by atoms with van der Waals surface area (Å²) in [7, 11) is 1.69. The van der Waals surface area contributed by atoms with Gasteiger partial charge in [0.15, 0.2) is 3.55 Å². The summed E-state index contributed by atoms with van der Waals surface area (Å²) in [4.78, 5) is 23.4. The highest BCUT2D eigenvalue weighted by molar-refractivity contribution is 14.1. The molecule has 178 valence electrons. The van der Waals surface area contributed by atoms with Gasteiger partial charge in [-0.1, -0.05) is 37.5 Å². The molecular formula is C27H29FIN3O2. The molecule has 1 unspecified atom stereocenters. The van der Waals surface area contributed by atoms with Gasteiger partial charge in [-0.25, -0.2) is 4.39 Å². The predicted octanol–water partition coefficient (Wildman–Crippen LogP) is 5.53. The van der Waals surface area contributed by atoms with E-state index in [4.69, 9.17) is 14.7 Å². The summed E-state index contributed by atoms with van der Waals surface area (Å²) in [6.45, 7) is 0. The Hall–Kier alpha value is -2.29. The Balaban J connectivity index is 1.46. The average molecular weight is 573 g/mol. The molecule has 1 fully saturated rings. The zero-order valence-corrected chi connectivity index (χ0v) is 21.5. The van der Waals surface area contributed by atoms with E-state index in [2.05, 4.69) is 40.0 Å². The van der Waals surface area contributed by atoms with E-state index in [0.29, 0.717) is 11.8 Å². The van der Waals surface area contributed by atoms with Crippen molar-refractivity contribution in [3.05, 3.63) is 65.0 Å². The van der Waals surface area contributed by atoms with E-state index in [1.54, 1.807) is 19.2 Å². The third-order valence-electron chi connectivity index (χ3n) is 7.16. The van der Waals surface area contributed by atoms with Gasteiger partial charge in [-0.2, -0.15) is 0 Å². The zero-order chi connectivity index (χ0) is 23.7. The minimum absolute atomic E-state index is 0.0394. The Morgan fingerprint density at radius 3 is 2.65 bits per heavy atom. The highest BCUT2D eigenvalue weighted by Crippen LogP contribution is 2.49. The van der Waals surface area contributed by atoms with Crippen LogP contribution in [0, 0.1) is 11.7 Å². The van der Waals surface area contributed by atoms with Crippen molar-refractivity contribution in [3.8, 4) is 5.75 Å². The molecule has 0 saturated heterocycles. The summed E-state index contributed by atoms with van der Waals surface area (Å²) in [5, 5.41) is 3.09. The topological polar surface area (TPSA) is 63.0 Å². The molecule has 34 heavy (non-hydrogen) atoms. The monoisotopic (exact) mass is 573 g/mol. The van der Waals surface area contributed by atoms with Crippen molar-refractivity contribution >= 4 is 40.0 Å². The van der Waals surface area contributed by atoms with E-state index in [-0.39, 0.29) is 24.2 Å². The van der Waals surface area contributed by atoms with Gasteiger partial charge < -0.3 is 10.1 Å². The molecule has 2 aliphatic carbocycles. The smallest absolute Gasteiger partial charge is 0.229 e. The molecule has 1 heterocycles. The van der Waals surface area contributed by atoms with Gasteiger partial charge in [-0.3, -0.25) is 14.8 Å². The lowest BCUT2D eigenvalue weighted by atomic mass is 9.80. The molecule has 7 heteroatoms. The van der Waals surface area contributed by atoms with E-state index in [1.165, 1.54) is 42.5 Å². The standard InChI is InChI=1S/C27H29FIN3O2/c1-34-21-12-13-22-19(16-21)9-14-23-27(22,29)32-25(18-5-3-2-4-6-18)26(30-23)31-24(33)15-17-7-10-20(28)11-8-17/h7-8,10-13,16,18,23H,2-6,9,14-15H2,1H3,(H,30,31,33)/t23?,27-/m0/s1. The summed E-state index contributed by atoms with van der Waals surface area (Å²) in [5.74, 6) is 1.35. The van der Waals surface area contributed by atoms with Crippen LogP contribution in [-0.4, -0.2) is 30.6 Å². The number of nitrogens with zero attached hydrogens (tertiary/aromatic N) is 2. The minimum Gasteiger partial charge on any atom is -0.497 e. The fourth-order valence-corrected chi connectivity index (χ4v) is 6.60. The number of amidine groups is 1. The molecule has 0 aromatic heterocycles. The average Bonchev–Trinajstić information content (AvgIpc) is 2.85. The summed E-state index contributed by atoms with van der Waals surface area (Å²) < 4.78 is 18.2. The SMILES string of the molecule is COc1ccc2c(c1)CCC1N=C(NC(=O)Cc3ccc(F)cc3)C(C3CCCCC3)=N[C@@]21I. The molecule has 1 saturated carbocycles. The number of carbonyl (C=O) groups is 1. The zero-order valence-electron chi connectivity index (χ0n) is 19.3. The first kappa shape index (κ1) is 23.5. The van der Waals surface area contributed by atoms with Crippen molar-refractivity contribution in [2.45, 2.75) is 61.0 Å². The quantitative estimate of drug-likeness (QED) is 0.297. The van der Waals surface area contributed by atoms with Gasteiger partial charge >= 0.3 is 0 Å². The number of hydrogen-bond acceptors (Lipinski definition) is 4. The molecule has 0 spiro atoms. The maximum absolute atomic E-state index is 13.3. The van der Waals surface area contributed by atoms with Crippen LogP contribution >= 0.6 is 22.6 Å². The summed E-state index contributed by atoms with van der Waals surface area (Å²) >= 11 is 2.48. The van der Waals surface area contributed by atoms with E-state index in [0.717, 1.165) is 42.7 Å².